The van der Waals surface area contributed by atoms with Crippen LogP contribution < -0.4 is 10.1 Å². The van der Waals surface area contributed by atoms with Crippen molar-refractivity contribution in [3.63, 3.8) is 0 Å². The largest absolute Gasteiger partial charge is 0.573 e. The van der Waals surface area contributed by atoms with E-state index >= 15 is 0 Å². The topological polar surface area (TPSA) is 75.7 Å². The molecule has 1 N–H and O–H groups in total. The fourth-order valence-corrected chi connectivity index (χ4v) is 4.01. The van der Waals surface area contributed by atoms with Gasteiger partial charge in [-0.2, -0.15) is 4.31 Å². The molecule has 1 amide bonds. The van der Waals surface area contributed by atoms with Crippen LogP contribution in [0.25, 0.3) is 0 Å². The molecule has 2 aromatic carbocycles. The summed E-state index contributed by atoms with van der Waals surface area (Å²) in [4.78, 5) is 11.6. The maximum absolute atomic E-state index is 13.7. The van der Waals surface area contributed by atoms with E-state index in [4.69, 9.17) is 0 Å². The lowest BCUT2D eigenvalue weighted by atomic mass is 10.2. The van der Waals surface area contributed by atoms with Crippen molar-refractivity contribution in [1.82, 2.24) is 4.31 Å². The number of ether oxygens (including phenoxy) is 1. The van der Waals surface area contributed by atoms with E-state index in [9.17, 15) is 39.6 Å². The Hall–Kier alpha value is -2.80. The molecule has 0 atom stereocenters. The maximum Gasteiger partial charge on any atom is 0.573 e. The van der Waals surface area contributed by atoms with Crippen LogP contribution in [0.5, 0.6) is 5.75 Å². The molecule has 0 saturated heterocycles. The van der Waals surface area contributed by atoms with Gasteiger partial charge in [-0.25, -0.2) is 21.6 Å². The number of anilines is 1. The first kappa shape index (κ1) is 24.5. The third-order valence-corrected chi connectivity index (χ3v) is 5.62. The second kappa shape index (κ2) is 9.56. The Balaban J connectivity index is 2.25. The summed E-state index contributed by atoms with van der Waals surface area (Å²) in [6.45, 7) is 0.512. The van der Waals surface area contributed by atoms with E-state index in [1.54, 1.807) is 6.92 Å². The highest BCUT2D eigenvalue weighted by Crippen LogP contribution is 2.26. The number of benzene rings is 2. The van der Waals surface area contributed by atoms with Crippen LogP contribution in [0.1, 0.15) is 13.3 Å². The molecule has 170 valence electrons. The lowest BCUT2D eigenvalue weighted by Crippen LogP contribution is -2.38. The summed E-state index contributed by atoms with van der Waals surface area (Å²) in [7, 11) is -4.46. The molecule has 0 spiro atoms. The minimum absolute atomic E-state index is 0.208. The standard InChI is InChI=1S/C18H16F6N2O4S/c1-2-8-26(10-15(27)25-14-7-6-13(19)16(20)17(14)21)31(28,29)12-5-3-4-11(9-12)30-18(22,23)24/h3-7,9H,2,8,10H2,1H3,(H,25,27). The Morgan fingerprint density at radius 3 is 2.39 bits per heavy atom. The molecule has 0 aliphatic rings. The molecule has 0 fully saturated rings. The summed E-state index contributed by atoms with van der Waals surface area (Å²) in [6.07, 6.45) is -4.81. The van der Waals surface area contributed by atoms with Crippen LogP contribution in [0.3, 0.4) is 0 Å². The number of hydrogen-bond donors (Lipinski definition) is 1. The van der Waals surface area contributed by atoms with E-state index in [1.165, 1.54) is 0 Å². The average molecular weight is 470 g/mol. The fraction of sp³-hybridized carbons (Fsp3) is 0.278. The number of nitrogens with zero attached hydrogens (tertiary/aromatic N) is 1. The van der Waals surface area contributed by atoms with E-state index in [0.29, 0.717) is 16.4 Å². The summed E-state index contributed by atoms with van der Waals surface area (Å²) in [5, 5.41) is 1.93. The first-order valence-electron chi connectivity index (χ1n) is 8.64. The molecule has 0 aromatic heterocycles. The zero-order valence-electron chi connectivity index (χ0n) is 15.8. The van der Waals surface area contributed by atoms with Crippen LogP contribution in [0.15, 0.2) is 41.3 Å². The second-order valence-corrected chi connectivity index (χ2v) is 8.07. The van der Waals surface area contributed by atoms with Crippen molar-refractivity contribution in [2.75, 3.05) is 18.4 Å². The van der Waals surface area contributed by atoms with Gasteiger partial charge in [0.05, 0.1) is 17.1 Å². The smallest absolute Gasteiger partial charge is 0.406 e. The molecule has 6 nitrogen and oxygen atoms in total. The zero-order chi connectivity index (χ0) is 23.4. The number of carbonyl (C=O) groups excluding carboxylic acids is 1. The average Bonchev–Trinajstić information content (AvgIpc) is 2.67. The molecule has 2 rings (SSSR count). The number of rotatable bonds is 8. The maximum atomic E-state index is 13.7. The molecule has 0 heterocycles. The first-order chi connectivity index (χ1) is 14.3. The molecular formula is C18H16F6N2O4S. The molecule has 13 heteroatoms. The second-order valence-electron chi connectivity index (χ2n) is 6.13. The molecule has 0 saturated carbocycles. The Morgan fingerprint density at radius 2 is 1.77 bits per heavy atom. The molecule has 0 radical (unpaired) electrons. The van der Waals surface area contributed by atoms with E-state index in [0.717, 1.165) is 24.3 Å². The Bertz CT molecular complexity index is 1060. The molecule has 2 aromatic rings. The van der Waals surface area contributed by atoms with Gasteiger partial charge in [-0.1, -0.05) is 13.0 Å². The first-order valence-corrected chi connectivity index (χ1v) is 10.1. The fourth-order valence-electron chi connectivity index (χ4n) is 2.49. The minimum Gasteiger partial charge on any atom is -0.406 e. The normalized spacial score (nSPS) is 12.1. The van der Waals surface area contributed by atoms with Crippen molar-refractivity contribution >= 4 is 21.6 Å². The Morgan fingerprint density at radius 1 is 1.10 bits per heavy atom. The van der Waals surface area contributed by atoms with Crippen LogP contribution in [0.4, 0.5) is 32.0 Å². The monoisotopic (exact) mass is 470 g/mol. The summed E-state index contributed by atoms with van der Waals surface area (Å²) >= 11 is 0. The third kappa shape index (κ3) is 6.34. The molecule has 0 bridgehead atoms. The van der Waals surface area contributed by atoms with Gasteiger partial charge in [-0.15, -0.1) is 13.2 Å². The lowest BCUT2D eigenvalue weighted by Gasteiger charge is -2.21. The summed E-state index contributed by atoms with van der Waals surface area (Å²) < 4.78 is 107. The lowest BCUT2D eigenvalue weighted by molar-refractivity contribution is -0.274. The van der Waals surface area contributed by atoms with Gasteiger partial charge < -0.3 is 10.1 Å². The molecule has 0 unspecified atom stereocenters. The number of sulfonamides is 1. The Kier molecular flexibility index (Phi) is 7.54. The third-order valence-electron chi connectivity index (χ3n) is 3.78. The van der Waals surface area contributed by atoms with E-state index in [1.807, 2.05) is 5.32 Å². The quantitative estimate of drug-likeness (QED) is 0.467. The van der Waals surface area contributed by atoms with E-state index in [-0.39, 0.29) is 13.0 Å². The van der Waals surface area contributed by atoms with Gasteiger partial charge in [0.25, 0.3) is 0 Å². The van der Waals surface area contributed by atoms with Crippen LogP contribution in [0.2, 0.25) is 0 Å². The number of amides is 1. The molecule has 31 heavy (non-hydrogen) atoms. The summed E-state index contributed by atoms with van der Waals surface area (Å²) in [6, 6.07) is 4.89. The summed E-state index contributed by atoms with van der Waals surface area (Å²) in [5.41, 5.74) is -0.710. The number of alkyl halides is 3. The van der Waals surface area contributed by atoms with Crippen molar-refractivity contribution < 1.29 is 44.3 Å². The van der Waals surface area contributed by atoms with E-state index < -0.39 is 62.6 Å². The molecule has 0 aliphatic carbocycles. The van der Waals surface area contributed by atoms with Gasteiger partial charge in [0.2, 0.25) is 15.9 Å². The van der Waals surface area contributed by atoms with Crippen LogP contribution in [-0.4, -0.2) is 38.1 Å². The summed E-state index contributed by atoms with van der Waals surface area (Å²) in [5.74, 6) is -6.83. The van der Waals surface area contributed by atoms with Gasteiger partial charge in [-0.05, 0) is 30.7 Å². The minimum atomic E-state index is -5.04. The van der Waals surface area contributed by atoms with Crippen LogP contribution >= 0.6 is 0 Å². The SMILES string of the molecule is CCCN(CC(=O)Nc1ccc(F)c(F)c1F)S(=O)(=O)c1cccc(OC(F)(F)F)c1. The van der Waals surface area contributed by atoms with E-state index in [2.05, 4.69) is 4.74 Å². The molecule has 0 aliphatic heterocycles. The van der Waals surface area contributed by atoms with Gasteiger partial charge in [0.1, 0.15) is 5.75 Å². The van der Waals surface area contributed by atoms with Crippen LogP contribution in [0, 0.1) is 17.5 Å². The van der Waals surface area contributed by atoms with Gasteiger partial charge >= 0.3 is 6.36 Å². The van der Waals surface area contributed by atoms with Crippen molar-refractivity contribution in [1.29, 1.82) is 0 Å². The number of nitrogens with one attached hydrogen (secondary N) is 1. The van der Waals surface area contributed by atoms with Crippen molar-refractivity contribution in [3.8, 4) is 5.75 Å². The van der Waals surface area contributed by atoms with Crippen molar-refractivity contribution in [2.24, 2.45) is 0 Å². The number of carbonyl (C=O) groups is 1. The molecular weight excluding hydrogens is 454 g/mol. The predicted molar refractivity (Wildman–Crippen MR) is 97.1 cm³/mol. The van der Waals surface area contributed by atoms with Gasteiger partial charge in [-0.3, -0.25) is 4.79 Å². The predicted octanol–water partition coefficient (Wildman–Crippen LogP) is 4.04. The highest BCUT2D eigenvalue weighted by molar-refractivity contribution is 7.89. The zero-order valence-corrected chi connectivity index (χ0v) is 16.7. The highest BCUT2D eigenvalue weighted by atomic mass is 32.2. The van der Waals surface area contributed by atoms with Crippen molar-refractivity contribution in [2.45, 2.75) is 24.6 Å². The number of halogens is 6. The van der Waals surface area contributed by atoms with Crippen molar-refractivity contribution in [3.05, 3.63) is 53.8 Å². The Labute approximate surface area is 173 Å². The van der Waals surface area contributed by atoms with Gasteiger partial charge in [0, 0.05) is 12.6 Å². The van der Waals surface area contributed by atoms with Gasteiger partial charge in [0.15, 0.2) is 17.5 Å². The highest BCUT2D eigenvalue weighted by Gasteiger charge is 2.32. The van der Waals surface area contributed by atoms with Crippen LogP contribution in [-0.2, 0) is 14.8 Å². The number of hydrogen-bond acceptors (Lipinski definition) is 4.